The van der Waals surface area contributed by atoms with E-state index in [1.165, 1.54) is 10.4 Å². The quantitative estimate of drug-likeness (QED) is 0.632. The Morgan fingerprint density at radius 3 is 2.60 bits per heavy atom. The Balaban J connectivity index is 1.93. The highest BCUT2D eigenvalue weighted by Crippen LogP contribution is 2.22. The predicted octanol–water partition coefficient (Wildman–Crippen LogP) is 2.34. The van der Waals surface area contributed by atoms with Crippen molar-refractivity contribution in [3.8, 4) is 0 Å². The lowest BCUT2D eigenvalue weighted by atomic mass is 10.0. The number of benzene rings is 1. The molecule has 6 heteroatoms. The summed E-state index contributed by atoms with van der Waals surface area (Å²) in [6.45, 7) is 4.88. The van der Waals surface area contributed by atoms with E-state index >= 15 is 0 Å². The van der Waals surface area contributed by atoms with Gasteiger partial charge >= 0.3 is 6.03 Å². The lowest BCUT2D eigenvalue weighted by molar-refractivity contribution is -0.676. The first-order valence-corrected chi connectivity index (χ1v) is 9.49. The Labute approximate surface area is 152 Å². The van der Waals surface area contributed by atoms with Crippen molar-refractivity contribution in [1.82, 2.24) is 10.6 Å². The van der Waals surface area contributed by atoms with Crippen LogP contribution in [0.3, 0.4) is 0 Å². The van der Waals surface area contributed by atoms with Crippen LogP contribution in [0.25, 0.3) is 0 Å². The van der Waals surface area contributed by atoms with Crippen LogP contribution in [-0.2, 0) is 4.79 Å². The zero-order valence-electron chi connectivity index (χ0n) is 14.7. The molecule has 0 spiro atoms. The van der Waals surface area contributed by atoms with Gasteiger partial charge < -0.3 is 10.6 Å². The van der Waals surface area contributed by atoms with Crippen molar-refractivity contribution in [1.29, 1.82) is 0 Å². The summed E-state index contributed by atoms with van der Waals surface area (Å²) in [5.74, 6) is -0.289. The number of aryl methyl sites for hydroxylation is 1. The van der Waals surface area contributed by atoms with Gasteiger partial charge in [-0.15, -0.1) is 11.3 Å². The summed E-state index contributed by atoms with van der Waals surface area (Å²) in [6, 6.07) is 12.0. The molecule has 0 saturated heterocycles. The minimum Gasteiger partial charge on any atom is -0.338 e. The number of unbranched alkanes of at least 4 members (excludes halogenated alkanes) is 1. The van der Waals surface area contributed by atoms with Gasteiger partial charge in [-0.1, -0.05) is 49.2 Å². The smallest absolute Gasteiger partial charge is 0.321 e. The number of carbonyl (C=O) groups excluding carboxylic acids is 2. The molecule has 0 bridgehead atoms. The lowest BCUT2D eigenvalue weighted by Gasteiger charge is -2.15. The number of rotatable bonds is 8. The molecular formula is C19H26N3O2S+. The van der Waals surface area contributed by atoms with Crippen LogP contribution in [0.2, 0.25) is 0 Å². The number of carbonyl (C=O) groups is 2. The van der Waals surface area contributed by atoms with Gasteiger partial charge in [0.1, 0.15) is 6.04 Å². The number of hydrogen-bond donors (Lipinski definition) is 3. The molecular weight excluding hydrogens is 334 g/mol. The highest BCUT2D eigenvalue weighted by atomic mass is 32.1. The topological polar surface area (TPSA) is 74.8 Å². The fourth-order valence-corrected chi connectivity index (χ4v) is 3.33. The number of thiophene rings is 1. The molecule has 1 heterocycles. The maximum Gasteiger partial charge on any atom is 0.321 e. The van der Waals surface area contributed by atoms with Crippen LogP contribution >= 0.6 is 11.3 Å². The van der Waals surface area contributed by atoms with Crippen LogP contribution in [0.5, 0.6) is 0 Å². The number of hydrogen-bond acceptors (Lipinski definition) is 3. The van der Waals surface area contributed by atoms with Crippen LogP contribution in [0.1, 0.15) is 41.8 Å². The zero-order valence-corrected chi connectivity index (χ0v) is 15.6. The van der Waals surface area contributed by atoms with E-state index in [9.17, 15) is 9.59 Å². The molecule has 0 unspecified atom stereocenters. The molecule has 25 heavy (non-hydrogen) atoms. The van der Waals surface area contributed by atoms with Crippen molar-refractivity contribution < 1.29 is 14.9 Å². The molecule has 1 atom stereocenters. The van der Waals surface area contributed by atoms with Crippen LogP contribution in [0, 0.1) is 6.92 Å². The molecule has 0 aliphatic rings. The number of quaternary nitrogens is 1. The molecule has 3 amide bonds. The summed E-state index contributed by atoms with van der Waals surface area (Å²) >= 11 is 1.67. The van der Waals surface area contributed by atoms with Gasteiger partial charge in [0.05, 0.1) is 4.88 Å². The van der Waals surface area contributed by atoms with Crippen molar-refractivity contribution in [2.24, 2.45) is 0 Å². The van der Waals surface area contributed by atoms with Crippen LogP contribution in [0.4, 0.5) is 4.79 Å². The van der Waals surface area contributed by atoms with Gasteiger partial charge in [0.25, 0.3) is 5.91 Å². The van der Waals surface area contributed by atoms with Crippen molar-refractivity contribution >= 4 is 23.3 Å². The lowest BCUT2D eigenvalue weighted by Crippen LogP contribution is -2.87. The molecule has 0 saturated carbocycles. The Kier molecular flexibility index (Phi) is 7.63. The summed E-state index contributed by atoms with van der Waals surface area (Å²) in [6.07, 6.45) is 1.91. The van der Waals surface area contributed by atoms with Gasteiger partial charge in [-0.3, -0.25) is 10.1 Å². The Morgan fingerprint density at radius 2 is 1.96 bits per heavy atom. The van der Waals surface area contributed by atoms with Crippen molar-refractivity contribution in [2.75, 3.05) is 13.1 Å². The molecule has 5 nitrogen and oxygen atoms in total. The van der Waals surface area contributed by atoms with E-state index in [1.54, 1.807) is 11.3 Å². The molecule has 2 rings (SSSR count). The van der Waals surface area contributed by atoms with Gasteiger partial charge in [-0.25, -0.2) is 4.79 Å². The molecule has 4 N–H and O–H groups in total. The second-order valence-electron chi connectivity index (χ2n) is 6.00. The molecule has 0 aliphatic heterocycles. The van der Waals surface area contributed by atoms with E-state index in [0.29, 0.717) is 6.54 Å². The number of urea groups is 1. The van der Waals surface area contributed by atoms with Crippen LogP contribution in [-0.4, -0.2) is 25.0 Å². The molecule has 0 fully saturated rings. The molecule has 0 radical (unpaired) electrons. The average molecular weight is 361 g/mol. The highest BCUT2D eigenvalue weighted by molar-refractivity contribution is 7.10. The summed E-state index contributed by atoms with van der Waals surface area (Å²) in [4.78, 5) is 24.9. The van der Waals surface area contributed by atoms with Crippen LogP contribution in [0.15, 0.2) is 41.8 Å². The molecule has 1 aromatic heterocycles. The van der Waals surface area contributed by atoms with Gasteiger partial charge in [-0.05, 0) is 24.8 Å². The molecule has 134 valence electrons. The first kappa shape index (κ1) is 19.1. The van der Waals surface area contributed by atoms with E-state index in [4.69, 9.17) is 0 Å². The monoisotopic (exact) mass is 360 g/mol. The van der Waals surface area contributed by atoms with E-state index in [1.807, 2.05) is 16.8 Å². The Bertz CT molecular complexity index is 668. The number of imide groups is 1. The van der Waals surface area contributed by atoms with Gasteiger partial charge in [0.15, 0.2) is 6.54 Å². The first-order chi connectivity index (χ1) is 12.1. The first-order valence-electron chi connectivity index (χ1n) is 8.61. The normalized spacial score (nSPS) is 11.8. The largest absolute Gasteiger partial charge is 0.338 e. The van der Waals surface area contributed by atoms with Gasteiger partial charge in [0.2, 0.25) is 0 Å². The van der Waals surface area contributed by atoms with E-state index in [0.717, 1.165) is 18.4 Å². The second-order valence-corrected chi connectivity index (χ2v) is 6.98. The summed E-state index contributed by atoms with van der Waals surface area (Å²) in [5, 5.41) is 9.06. The molecule has 2 aromatic rings. The van der Waals surface area contributed by atoms with Crippen molar-refractivity contribution in [3.63, 3.8) is 0 Å². The molecule has 1 aromatic carbocycles. The molecule has 0 aliphatic carbocycles. The second kappa shape index (κ2) is 9.96. The van der Waals surface area contributed by atoms with E-state index in [-0.39, 0.29) is 18.5 Å². The third-order valence-corrected chi connectivity index (χ3v) is 4.85. The Morgan fingerprint density at radius 1 is 1.20 bits per heavy atom. The van der Waals surface area contributed by atoms with Gasteiger partial charge in [-0.2, -0.15) is 0 Å². The van der Waals surface area contributed by atoms with E-state index < -0.39 is 6.03 Å². The third-order valence-electron chi connectivity index (χ3n) is 3.89. The number of nitrogens with two attached hydrogens (primary N) is 1. The average Bonchev–Trinajstić information content (AvgIpc) is 3.11. The van der Waals surface area contributed by atoms with E-state index in [2.05, 4.69) is 54.8 Å². The zero-order chi connectivity index (χ0) is 18.1. The summed E-state index contributed by atoms with van der Waals surface area (Å²) < 4.78 is 0. The van der Waals surface area contributed by atoms with Gasteiger partial charge in [0, 0.05) is 12.1 Å². The minimum atomic E-state index is -0.421. The van der Waals surface area contributed by atoms with Crippen molar-refractivity contribution in [3.05, 3.63) is 57.8 Å². The Hall–Kier alpha value is -2.18. The van der Waals surface area contributed by atoms with Crippen LogP contribution < -0.4 is 16.0 Å². The number of nitrogens with one attached hydrogen (secondary N) is 2. The highest BCUT2D eigenvalue weighted by Gasteiger charge is 2.20. The fraction of sp³-hybridized carbons (Fsp3) is 0.368. The minimum absolute atomic E-state index is 0.0505. The summed E-state index contributed by atoms with van der Waals surface area (Å²) in [5.41, 5.74) is 2.35. The summed E-state index contributed by atoms with van der Waals surface area (Å²) in [7, 11) is 0. The predicted molar refractivity (Wildman–Crippen MR) is 101 cm³/mol. The maximum absolute atomic E-state index is 12.0. The maximum atomic E-state index is 12.0. The standard InChI is InChI=1S/C19H25N3O2S/c1-3-4-11-20-19(24)22-17(23)13-21-18(16-6-5-12-25-16)15-9-7-14(2)8-10-15/h5-10,12,18,21H,3-4,11,13H2,1-2H3,(H2,20,22,23,24)/p+1/t18-/m1/s1. The number of amides is 3. The third kappa shape index (κ3) is 6.32. The fourth-order valence-electron chi connectivity index (χ4n) is 2.48. The van der Waals surface area contributed by atoms with Crippen molar-refractivity contribution in [2.45, 2.75) is 32.7 Å². The SMILES string of the molecule is CCCCNC(=O)NC(=O)C[NH2+][C@H](c1ccc(C)cc1)c1cccs1.